The van der Waals surface area contributed by atoms with Gasteiger partial charge in [-0.05, 0) is 48.9 Å². The highest BCUT2D eigenvalue weighted by atomic mass is 16.8. The topological polar surface area (TPSA) is 62.2 Å². The first-order valence-corrected chi connectivity index (χ1v) is 7.65. The summed E-state index contributed by atoms with van der Waals surface area (Å²) in [7, 11) is 1.67. The van der Waals surface area contributed by atoms with Crippen LogP contribution in [0.1, 0.15) is 19.3 Å². The van der Waals surface area contributed by atoms with E-state index in [0.29, 0.717) is 13.1 Å². The highest BCUT2D eigenvalue weighted by molar-refractivity contribution is 5.56. The first kappa shape index (κ1) is 15.0. The van der Waals surface area contributed by atoms with Crippen molar-refractivity contribution in [3.05, 3.63) is 24.3 Å². The molecule has 2 fully saturated rings. The Kier molecular flexibility index (Phi) is 4.11. The van der Waals surface area contributed by atoms with Crippen LogP contribution >= 0.6 is 0 Å². The first-order valence-electron chi connectivity index (χ1n) is 7.65. The fourth-order valence-corrected chi connectivity index (χ4v) is 3.52. The number of carbonyl (C=O) groups is 1. The van der Waals surface area contributed by atoms with Gasteiger partial charge in [0.2, 0.25) is 0 Å². The Balaban J connectivity index is 1.59. The van der Waals surface area contributed by atoms with Crippen molar-refractivity contribution < 1.29 is 19.5 Å². The summed E-state index contributed by atoms with van der Waals surface area (Å²) in [6, 6.07) is 8.17. The average Bonchev–Trinajstić information content (AvgIpc) is 2.94. The third-order valence-corrected chi connectivity index (χ3v) is 4.87. The first-order chi connectivity index (χ1) is 10.6. The molecule has 120 valence electrons. The predicted molar refractivity (Wildman–Crippen MR) is 82.2 cm³/mol. The summed E-state index contributed by atoms with van der Waals surface area (Å²) in [5.74, 6) is 0.872. The fraction of sp³-hybridized carbons (Fsp3) is 0.562. The van der Waals surface area contributed by atoms with Crippen LogP contribution in [-0.4, -0.2) is 49.6 Å². The van der Waals surface area contributed by atoms with Gasteiger partial charge in [0.25, 0.3) is 0 Å². The quantitative estimate of drug-likeness (QED) is 0.926. The van der Waals surface area contributed by atoms with Crippen molar-refractivity contribution in [1.82, 2.24) is 5.06 Å². The van der Waals surface area contributed by atoms with Gasteiger partial charge < -0.3 is 19.6 Å². The minimum absolute atomic E-state index is 0.290. The Labute approximate surface area is 130 Å². The van der Waals surface area contributed by atoms with Crippen molar-refractivity contribution >= 4 is 11.8 Å². The molecular formula is C16H22N2O4. The minimum atomic E-state index is -1.22. The standard InChI is InChI=1S/C16H22N2O4/c1-21-14-4-2-13(3-5-14)17-9-6-16(12-17)7-10-18(11-8-16)22-15(19)20/h2-5H,6-12H2,1H3,(H,19,20). The lowest BCUT2D eigenvalue weighted by Gasteiger charge is -2.37. The number of piperidine rings is 1. The molecule has 1 N–H and O–H groups in total. The number of anilines is 1. The summed E-state index contributed by atoms with van der Waals surface area (Å²) in [5, 5.41) is 10.2. The predicted octanol–water partition coefficient (Wildman–Crippen LogP) is 2.60. The van der Waals surface area contributed by atoms with Crippen LogP contribution in [-0.2, 0) is 4.84 Å². The van der Waals surface area contributed by atoms with E-state index in [1.165, 1.54) is 5.69 Å². The van der Waals surface area contributed by atoms with Crippen LogP contribution in [0.15, 0.2) is 24.3 Å². The Morgan fingerprint density at radius 1 is 1.14 bits per heavy atom. The van der Waals surface area contributed by atoms with Gasteiger partial charge in [-0.1, -0.05) is 0 Å². The third kappa shape index (κ3) is 3.11. The Bertz CT molecular complexity index is 523. The lowest BCUT2D eigenvalue weighted by atomic mass is 9.78. The number of ether oxygens (including phenoxy) is 1. The van der Waals surface area contributed by atoms with E-state index in [2.05, 4.69) is 17.0 Å². The maximum Gasteiger partial charge on any atom is 0.525 e. The van der Waals surface area contributed by atoms with E-state index < -0.39 is 6.16 Å². The smallest absolute Gasteiger partial charge is 0.497 e. The van der Waals surface area contributed by atoms with E-state index in [1.807, 2.05) is 12.1 Å². The van der Waals surface area contributed by atoms with E-state index in [4.69, 9.17) is 14.7 Å². The summed E-state index contributed by atoms with van der Waals surface area (Å²) >= 11 is 0. The summed E-state index contributed by atoms with van der Waals surface area (Å²) in [5.41, 5.74) is 1.51. The van der Waals surface area contributed by atoms with Gasteiger partial charge >= 0.3 is 6.16 Å². The molecule has 0 saturated carbocycles. The van der Waals surface area contributed by atoms with Crippen LogP contribution in [0, 0.1) is 5.41 Å². The van der Waals surface area contributed by atoms with E-state index in [-0.39, 0.29) is 5.41 Å². The monoisotopic (exact) mass is 306 g/mol. The molecule has 0 bridgehead atoms. The van der Waals surface area contributed by atoms with Gasteiger partial charge in [-0.3, -0.25) is 0 Å². The van der Waals surface area contributed by atoms with E-state index in [0.717, 1.165) is 38.1 Å². The molecule has 6 nitrogen and oxygen atoms in total. The Morgan fingerprint density at radius 3 is 2.36 bits per heavy atom. The van der Waals surface area contributed by atoms with E-state index >= 15 is 0 Å². The summed E-state index contributed by atoms with van der Waals surface area (Å²) in [4.78, 5) is 17.8. The SMILES string of the molecule is COc1ccc(N2CCC3(CCN(OC(=O)O)CC3)C2)cc1. The van der Waals surface area contributed by atoms with E-state index in [9.17, 15) is 4.79 Å². The maximum atomic E-state index is 10.6. The van der Waals surface area contributed by atoms with Gasteiger partial charge in [0, 0.05) is 31.9 Å². The van der Waals surface area contributed by atoms with Gasteiger partial charge in [0.1, 0.15) is 5.75 Å². The number of carboxylic acid groups (broad SMARTS) is 1. The molecule has 6 heteroatoms. The molecule has 1 aromatic carbocycles. The second kappa shape index (κ2) is 6.04. The second-order valence-corrected chi connectivity index (χ2v) is 6.16. The number of rotatable bonds is 3. The zero-order valence-electron chi connectivity index (χ0n) is 12.8. The third-order valence-electron chi connectivity index (χ3n) is 4.87. The zero-order chi connectivity index (χ0) is 15.6. The van der Waals surface area contributed by atoms with Crippen LogP contribution in [0.25, 0.3) is 0 Å². The summed E-state index contributed by atoms with van der Waals surface area (Å²) < 4.78 is 5.20. The van der Waals surface area contributed by atoms with Gasteiger partial charge in [0.15, 0.2) is 0 Å². The number of methoxy groups -OCH3 is 1. The molecule has 1 aromatic rings. The lowest BCUT2D eigenvalue weighted by Crippen LogP contribution is -2.42. The van der Waals surface area contributed by atoms with Gasteiger partial charge in [0.05, 0.1) is 7.11 Å². The summed E-state index contributed by atoms with van der Waals surface area (Å²) in [6.07, 6.45) is 1.89. The maximum absolute atomic E-state index is 10.6. The van der Waals surface area contributed by atoms with Gasteiger partial charge in [-0.25, -0.2) is 4.79 Å². The molecule has 2 aliphatic heterocycles. The molecule has 0 atom stereocenters. The number of hydrogen-bond donors (Lipinski definition) is 1. The lowest BCUT2D eigenvalue weighted by molar-refractivity contribution is -0.144. The number of nitrogens with zero attached hydrogens (tertiary/aromatic N) is 2. The molecule has 0 unspecified atom stereocenters. The molecule has 2 saturated heterocycles. The molecule has 22 heavy (non-hydrogen) atoms. The summed E-state index contributed by atoms with van der Waals surface area (Å²) in [6.45, 7) is 3.44. The average molecular weight is 306 g/mol. The fourth-order valence-electron chi connectivity index (χ4n) is 3.52. The van der Waals surface area contributed by atoms with Crippen LogP contribution in [0.4, 0.5) is 10.5 Å². The largest absolute Gasteiger partial charge is 0.525 e. The molecule has 0 amide bonds. The van der Waals surface area contributed by atoms with Crippen molar-refractivity contribution in [2.24, 2.45) is 5.41 Å². The molecule has 3 rings (SSSR count). The van der Waals surface area contributed by atoms with Crippen LogP contribution < -0.4 is 9.64 Å². The van der Waals surface area contributed by atoms with E-state index in [1.54, 1.807) is 12.2 Å². The Hall–Kier alpha value is -1.95. The van der Waals surface area contributed by atoms with Crippen LogP contribution in [0.2, 0.25) is 0 Å². The molecule has 0 radical (unpaired) electrons. The zero-order valence-corrected chi connectivity index (χ0v) is 12.8. The van der Waals surface area contributed by atoms with Crippen LogP contribution in [0.5, 0.6) is 5.75 Å². The van der Waals surface area contributed by atoms with Crippen molar-refractivity contribution in [2.45, 2.75) is 19.3 Å². The van der Waals surface area contributed by atoms with Crippen molar-refractivity contribution in [2.75, 3.05) is 38.2 Å². The number of hydrogen-bond acceptors (Lipinski definition) is 5. The highest BCUT2D eigenvalue weighted by Gasteiger charge is 2.41. The van der Waals surface area contributed by atoms with Crippen LogP contribution in [0.3, 0.4) is 0 Å². The molecule has 0 aliphatic carbocycles. The van der Waals surface area contributed by atoms with Crippen molar-refractivity contribution in [3.8, 4) is 5.75 Å². The molecule has 2 aliphatic rings. The number of benzene rings is 1. The van der Waals surface area contributed by atoms with Crippen molar-refractivity contribution in [1.29, 1.82) is 0 Å². The molecule has 1 spiro atoms. The minimum Gasteiger partial charge on any atom is -0.497 e. The van der Waals surface area contributed by atoms with Crippen molar-refractivity contribution in [3.63, 3.8) is 0 Å². The Morgan fingerprint density at radius 2 is 1.77 bits per heavy atom. The molecule has 2 heterocycles. The molecular weight excluding hydrogens is 284 g/mol. The normalized spacial score (nSPS) is 21.0. The second-order valence-electron chi connectivity index (χ2n) is 6.16. The molecule has 0 aromatic heterocycles. The van der Waals surface area contributed by atoms with Gasteiger partial charge in [-0.2, -0.15) is 0 Å². The number of hydroxylamine groups is 2. The van der Waals surface area contributed by atoms with Gasteiger partial charge in [-0.15, -0.1) is 5.06 Å². The highest BCUT2D eigenvalue weighted by Crippen LogP contribution is 2.42.